The van der Waals surface area contributed by atoms with Crippen molar-refractivity contribution >= 4 is 0 Å². The van der Waals surface area contributed by atoms with Crippen LogP contribution in [0.4, 0.5) is 0 Å². The summed E-state index contributed by atoms with van der Waals surface area (Å²) in [6, 6.07) is 39.1. The van der Waals surface area contributed by atoms with Gasteiger partial charge >= 0.3 is 0 Å². The van der Waals surface area contributed by atoms with Gasteiger partial charge in [0.15, 0.2) is 12.6 Å². The summed E-state index contributed by atoms with van der Waals surface area (Å²) >= 11 is 0. The molecule has 49 heavy (non-hydrogen) atoms. The SMILES string of the molecule is C[C@H]1O[C@H](O[C@H]2O[C@H](C)[C@@H](O)[C@H](OCc3ccccc3)[C@H]2OCc2ccccc2)[C@H](OCc2ccccc2)[C@@H](OCc2ccccc2)[C@@H]1O. The fourth-order valence-corrected chi connectivity index (χ4v) is 6.12. The Balaban J connectivity index is 1.26. The summed E-state index contributed by atoms with van der Waals surface area (Å²) in [5, 5.41) is 22.7. The molecule has 0 radical (unpaired) electrons. The molecule has 260 valence electrons. The van der Waals surface area contributed by atoms with Crippen LogP contribution in [0.25, 0.3) is 0 Å². The van der Waals surface area contributed by atoms with Crippen molar-refractivity contribution in [3.05, 3.63) is 144 Å². The van der Waals surface area contributed by atoms with Crippen molar-refractivity contribution in [2.24, 2.45) is 0 Å². The van der Waals surface area contributed by atoms with E-state index in [1.807, 2.05) is 121 Å². The maximum absolute atomic E-state index is 11.4. The average molecular weight is 671 g/mol. The lowest BCUT2D eigenvalue weighted by Crippen LogP contribution is -2.63. The lowest BCUT2D eigenvalue weighted by Gasteiger charge is -2.47. The second kappa shape index (κ2) is 17.4. The van der Waals surface area contributed by atoms with Crippen LogP contribution in [-0.4, -0.2) is 71.6 Å². The predicted octanol–water partition coefficient (Wildman–Crippen LogP) is 5.56. The lowest BCUT2D eigenvalue weighted by molar-refractivity contribution is -0.384. The summed E-state index contributed by atoms with van der Waals surface area (Å²) in [6.07, 6.45) is -8.62. The number of hydrogen-bond donors (Lipinski definition) is 2. The Morgan fingerprint density at radius 3 is 0.980 bits per heavy atom. The van der Waals surface area contributed by atoms with Crippen LogP contribution in [0.3, 0.4) is 0 Å². The third kappa shape index (κ3) is 9.40. The Morgan fingerprint density at radius 1 is 0.429 bits per heavy atom. The van der Waals surface area contributed by atoms with Gasteiger partial charge in [0.1, 0.15) is 36.6 Å². The molecule has 6 rings (SSSR count). The first-order chi connectivity index (χ1) is 24.0. The molecule has 0 amide bonds. The van der Waals surface area contributed by atoms with E-state index in [4.69, 9.17) is 33.2 Å². The Kier molecular flexibility index (Phi) is 12.6. The molecular formula is C40H46O9. The van der Waals surface area contributed by atoms with Crippen LogP contribution >= 0.6 is 0 Å². The molecule has 4 aromatic rings. The summed E-state index contributed by atoms with van der Waals surface area (Å²) < 4.78 is 45.0. The van der Waals surface area contributed by atoms with E-state index in [2.05, 4.69) is 0 Å². The minimum Gasteiger partial charge on any atom is -0.388 e. The van der Waals surface area contributed by atoms with E-state index in [0.717, 1.165) is 22.3 Å². The topological polar surface area (TPSA) is 105 Å². The molecule has 0 spiro atoms. The van der Waals surface area contributed by atoms with Gasteiger partial charge in [-0.15, -0.1) is 0 Å². The maximum atomic E-state index is 11.4. The Hall–Kier alpha value is -3.48. The molecule has 0 bridgehead atoms. The fourth-order valence-electron chi connectivity index (χ4n) is 6.12. The Labute approximate surface area is 288 Å². The van der Waals surface area contributed by atoms with Gasteiger partial charge in [0.2, 0.25) is 0 Å². The zero-order valence-corrected chi connectivity index (χ0v) is 27.9. The summed E-state index contributed by atoms with van der Waals surface area (Å²) in [5.41, 5.74) is 3.80. The number of benzene rings is 4. The van der Waals surface area contributed by atoms with E-state index in [9.17, 15) is 10.2 Å². The van der Waals surface area contributed by atoms with Gasteiger partial charge in [-0.2, -0.15) is 0 Å². The summed E-state index contributed by atoms with van der Waals surface area (Å²) in [6.45, 7) is 4.53. The van der Waals surface area contributed by atoms with Gasteiger partial charge in [-0.3, -0.25) is 0 Å². The van der Waals surface area contributed by atoms with Gasteiger partial charge in [0.05, 0.1) is 38.6 Å². The largest absolute Gasteiger partial charge is 0.388 e. The van der Waals surface area contributed by atoms with E-state index >= 15 is 0 Å². The number of aliphatic hydroxyl groups excluding tert-OH is 2. The van der Waals surface area contributed by atoms with Crippen molar-refractivity contribution in [1.29, 1.82) is 0 Å². The Bertz CT molecular complexity index is 1400. The quantitative estimate of drug-likeness (QED) is 0.179. The highest BCUT2D eigenvalue weighted by Gasteiger charge is 2.51. The smallest absolute Gasteiger partial charge is 0.189 e. The summed E-state index contributed by atoms with van der Waals surface area (Å²) in [7, 11) is 0. The van der Waals surface area contributed by atoms with E-state index < -0.39 is 61.4 Å². The minimum atomic E-state index is -1.02. The third-order valence-corrected chi connectivity index (χ3v) is 8.93. The monoisotopic (exact) mass is 670 g/mol. The summed E-state index contributed by atoms with van der Waals surface area (Å²) in [5.74, 6) is 0. The normalized spacial score (nSPS) is 30.2. The molecule has 2 saturated heterocycles. The predicted molar refractivity (Wildman–Crippen MR) is 182 cm³/mol. The zero-order chi connectivity index (χ0) is 34.0. The van der Waals surface area contributed by atoms with Crippen molar-refractivity contribution in [3.63, 3.8) is 0 Å². The van der Waals surface area contributed by atoms with E-state index in [1.54, 1.807) is 13.8 Å². The van der Waals surface area contributed by atoms with E-state index in [0.29, 0.717) is 0 Å². The van der Waals surface area contributed by atoms with Crippen molar-refractivity contribution in [2.75, 3.05) is 0 Å². The first-order valence-corrected chi connectivity index (χ1v) is 16.9. The van der Waals surface area contributed by atoms with Gasteiger partial charge in [0, 0.05) is 0 Å². The maximum Gasteiger partial charge on any atom is 0.189 e. The second-order valence-electron chi connectivity index (χ2n) is 12.6. The highest BCUT2D eigenvalue weighted by molar-refractivity contribution is 5.16. The molecule has 2 aliphatic heterocycles. The van der Waals surface area contributed by atoms with Gasteiger partial charge in [-0.25, -0.2) is 0 Å². The van der Waals surface area contributed by atoms with Crippen molar-refractivity contribution in [1.82, 2.24) is 0 Å². The van der Waals surface area contributed by atoms with Gasteiger partial charge < -0.3 is 43.4 Å². The number of ether oxygens (including phenoxy) is 7. The first-order valence-electron chi connectivity index (χ1n) is 16.9. The molecule has 0 unspecified atom stereocenters. The van der Waals surface area contributed by atoms with Gasteiger partial charge in [0.25, 0.3) is 0 Å². The molecule has 9 nitrogen and oxygen atoms in total. The van der Waals surface area contributed by atoms with Crippen molar-refractivity contribution in [2.45, 2.75) is 102 Å². The van der Waals surface area contributed by atoms with Crippen LogP contribution in [-0.2, 0) is 59.6 Å². The summed E-state index contributed by atoms with van der Waals surface area (Å²) in [4.78, 5) is 0. The molecular weight excluding hydrogens is 624 g/mol. The number of rotatable bonds is 14. The molecule has 2 heterocycles. The van der Waals surface area contributed by atoms with E-state index in [1.165, 1.54) is 0 Å². The second-order valence-corrected chi connectivity index (χ2v) is 12.6. The van der Waals surface area contributed by atoms with Crippen molar-refractivity contribution < 1.29 is 43.4 Å². The van der Waals surface area contributed by atoms with Crippen LogP contribution in [0.2, 0.25) is 0 Å². The number of hydrogen-bond acceptors (Lipinski definition) is 9. The van der Waals surface area contributed by atoms with Crippen LogP contribution in [0, 0.1) is 0 Å². The first kappa shape index (κ1) is 35.3. The van der Waals surface area contributed by atoms with Crippen LogP contribution in [0.5, 0.6) is 0 Å². The Morgan fingerprint density at radius 2 is 0.694 bits per heavy atom. The van der Waals surface area contributed by atoms with Gasteiger partial charge in [-0.1, -0.05) is 121 Å². The molecule has 0 aromatic heterocycles. The highest BCUT2D eigenvalue weighted by Crippen LogP contribution is 2.34. The average Bonchev–Trinajstić information content (AvgIpc) is 3.14. The van der Waals surface area contributed by atoms with Crippen LogP contribution in [0.1, 0.15) is 36.1 Å². The standard InChI is InChI=1S/C40H46O9/c1-27-33(41)35(43-23-29-15-7-3-8-16-29)37(45-25-31-19-11-5-12-20-31)39(47-27)49-40-38(46-26-32-21-13-6-14-22-32)36(34(42)28(2)48-40)44-24-30-17-9-4-10-18-30/h3-22,27-28,33-42H,23-26H2,1-2H3/t27-,28-,33-,34-,35+,36+,37-,38-,39-,40-/m1/s1. The molecule has 2 fully saturated rings. The minimum absolute atomic E-state index is 0.235. The molecule has 2 aliphatic rings. The zero-order valence-electron chi connectivity index (χ0n) is 27.9. The van der Waals surface area contributed by atoms with Crippen molar-refractivity contribution in [3.8, 4) is 0 Å². The highest BCUT2D eigenvalue weighted by atomic mass is 16.8. The molecule has 0 aliphatic carbocycles. The van der Waals surface area contributed by atoms with Crippen LogP contribution in [0.15, 0.2) is 121 Å². The van der Waals surface area contributed by atoms with E-state index in [-0.39, 0.29) is 26.4 Å². The fraction of sp³-hybridized carbons (Fsp3) is 0.400. The third-order valence-electron chi connectivity index (χ3n) is 8.93. The molecule has 4 aromatic carbocycles. The molecule has 9 heteroatoms. The molecule has 10 atom stereocenters. The van der Waals surface area contributed by atoms with Gasteiger partial charge in [-0.05, 0) is 36.1 Å². The molecule has 2 N–H and O–H groups in total. The number of aliphatic hydroxyl groups is 2. The molecule has 0 saturated carbocycles. The van der Waals surface area contributed by atoms with Crippen LogP contribution < -0.4 is 0 Å². The lowest BCUT2D eigenvalue weighted by atomic mass is 9.97.